The van der Waals surface area contributed by atoms with Crippen molar-refractivity contribution in [3.05, 3.63) is 35.1 Å². The number of rotatable bonds is 5. The Labute approximate surface area is 132 Å². The summed E-state index contributed by atoms with van der Waals surface area (Å²) in [5, 5.41) is 2.72. The van der Waals surface area contributed by atoms with Crippen LogP contribution in [0.5, 0.6) is 0 Å². The highest BCUT2D eigenvalue weighted by molar-refractivity contribution is 6.21. The summed E-state index contributed by atoms with van der Waals surface area (Å²) < 4.78 is 19.1. The van der Waals surface area contributed by atoms with Crippen molar-refractivity contribution in [3.8, 4) is 0 Å². The molecule has 2 heterocycles. The molecule has 1 atom stereocenters. The van der Waals surface area contributed by atoms with E-state index in [2.05, 4.69) is 5.32 Å². The van der Waals surface area contributed by atoms with Crippen LogP contribution in [0.2, 0.25) is 0 Å². The molecular weight excluding hydrogens is 303 g/mol. The number of carbonyl (C=O) groups is 3. The second-order valence-electron chi connectivity index (χ2n) is 5.61. The Morgan fingerprint density at radius 2 is 2.17 bits per heavy atom. The Bertz CT molecular complexity index is 655. The number of ether oxygens (including phenoxy) is 1. The van der Waals surface area contributed by atoms with Gasteiger partial charge in [-0.25, -0.2) is 4.39 Å². The van der Waals surface area contributed by atoms with Crippen LogP contribution in [0.4, 0.5) is 4.39 Å². The molecule has 1 saturated heterocycles. The van der Waals surface area contributed by atoms with Gasteiger partial charge in [0.25, 0.3) is 11.8 Å². The van der Waals surface area contributed by atoms with Gasteiger partial charge in [0.05, 0.1) is 17.2 Å². The van der Waals surface area contributed by atoms with Crippen molar-refractivity contribution in [3.63, 3.8) is 0 Å². The van der Waals surface area contributed by atoms with Gasteiger partial charge in [-0.1, -0.05) is 6.07 Å². The van der Waals surface area contributed by atoms with Crippen LogP contribution in [0, 0.1) is 5.82 Å². The average Bonchev–Trinajstić information content (AvgIpc) is 3.13. The number of hydrogen-bond donors (Lipinski definition) is 1. The molecular formula is C16H17FN2O4. The SMILES string of the molecule is O=C(CCN1C(=O)c2cccc(F)c2C1=O)NCC1CCCO1. The van der Waals surface area contributed by atoms with Crippen molar-refractivity contribution < 1.29 is 23.5 Å². The van der Waals surface area contributed by atoms with Gasteiger partial charge >= 0.3 is 0 Å². The highest BCUT2D eigenvalue weighted by Crippen LogP contribution is 2.25. The second-order valence-corrected chi connectivity index (χ2v) is 5.61. The normalized spacial score (nSPS) is 20.0. The lowest BCUT2D eigenvalue weighted by molar-refractivity contribution is -0.121. The largest absolute Gasteiger partial charge is 0.376 e. The Morgan fingerprint density at radius 3 is 2.87 bits per heavy atom. The van der Waals surface area contributed by atoms with Crippen LogP contribution in [-0.2, 0) is 9.53 Å². The molecule has 1 fully saturated rings. The third-order valence-corrected chi connectivity index (χ3v) is 4.06. The predicted molar refractivity (Wildman–Crippen MR) is 78.4 cm³/mol. The molecule has 2 aliphatic heterocycles. The van der Waals surface area contributed by atoms with E-state index in [1.807, 2.05) is 0 Å². The first kappa shape index (κ1) is 15.6. The number of nitrogens with one attached hydrogen (secondary N) is 1. The average molecular weight is 320 g/mol. The summed E-state index contributed by atoms with van der Waals surface area (Å²) in [6.07, 6.45) is 1.92. The van der Waals surface area contributed by atoms with E-state index in [0.29, 0.717) is 13.2 Å². The van der Waals surface area contributed by atoms with Crippen LogP contribution in [0.25, 0.3) is 0 Å². The first-order chi connectivity index (χ1) is 11.1. The van der Waals surface area contributed by atoms with Gasteiger partial charge in [0.2, 0.25) is 5.91 Å². The molecule has 1 aromatic carbocycles. The number of nitrogens with zero attached hydrogens (tertiary/aromatic N) is 1. The van der Waals surface area contributed by atoms with Crippen molar-refractivity contribution >= 4 is 17.7 Å². The van der Waals surface area contributed by atoms with Gasteiger partial charge in [-0.3, -0.25) is 19.3 Å². The first-order valence-corrected chi connectivity index (χ1v) is 7.61. The summed E-state index contributed by atoms with van der Waals surface area (Å²) in [7, 11) is 0. The zero-order valence-corrected chi connectivity index (χ0v) is 12.5. The molecule has 0 radical (unpaired) electrons. The lowest BCUT2D eigenvalue weighted by Gasteiger charge is -2.14. The molecule has 3 amide bonds. The molecule has 0 aromatic heterocycles. The highest BCUT2D eigenvalue weighted by atomic mass is 19.1. The summed E-state index contributed by atoms with van der Waals surface area (Å²) in [5.74, 6) is -2.23. The van der Waals surface area contributed by atoms with E-state index >= 15 is 0 Å². The summed E-state index contributed by atoms with van der Waals surface area (Å²) in [6, 6.07) is 3.94. The molecule has 1 N–H and O–H groups in total. The van der Waals surface area contributed by atoms with Gasteiger partial charge in [-0.05, 0) is 25.0 Å². The van der Waals surface area contributed by atoms with Crippen LogP contribution in [0.3, 0.4) is 0 Å². The maximum atomic E-state index is 13.7. The minimum absolute atomic E-state index is 0.0141. The van der Waals surface area contributed by atoms with Gasteiger partial charge in [-0.15, -0.1) is 0 Å². The Morgan fingerprint density at radius 1 is 1.35 bits per heavy atom. The molecule has 1 unspecified atom stereocenters. The third-order valence-electron chi connectivity index (χ3n) is 4.06. The van der Waals surface area contributed by atoms with Crippen LogP contribution >= 0.6 is 0 Å². The van der Waals surface area contributed by atoms with E-state index in [0.717, 1.165) is 23.8 Å². The lowest BCUT2D eigenvalue weighted by Crippen LogP contribution is -2.36. The number of amides is 3. The van der Waals surface area contributed by atoms with Gasteiger partial charge in [0.1, 0.15) is 5.82 Å². The molecule has 3 rings (SSSR count). The van der Waals surface area contributed by atoms with E-state index in [1.54, 1.807) is 0 Å². The molecule has 0 saturated carbocycles. The smallest absolute Gasteiger partial charge is 0.264 e. The predicted octanol–water partition coefficient (Wildman–Crippen LogP) is 1.11. The van der Waals surface area contributed by atoms with E-state index < -0.39 is 17.6 Å². The fourth-order valence-corrected chi connectivity index (χ4v) is 2.83. The van der Waals surface area contributed by atoms with Crippen molar-refractivity contribution in [1.82, 2.24) is 10.2 Å². The van der Waals surface area contributed by atoms with E-state index in [-0.39, 0.29) is 36.1 Å². The molecule has 23 heavy (non-hydrogen) atoms. The molecule has 7 heteroatoms. The minimum atomic E-state index is -0.716. The van der Waals surface area contributed by atoms with Crippen LogP contribution in [0.15, 0.2) is 18.2 Å². The molecule has 1 aromatic rings. The minimum Gasteiger partial charge on any atom is -0.376 e. The summed E-state index contributed by atoms with van der Waals surface area (Å²) in [6.45, 7) is 1.07. The quantitative estimate of drug-likeness (QED) is 0.825. The number of benzene rings is 1. The summed E-state index contributed by atoms with van der Waals surface area (Å²) >= 11 is 0. The second kappa shape index (κ2) is 6.45. The highest BCUT2D eigenvalue weighted by Gasteiger charge is 2.37. The number of fused-ring (bicyclic) bond motifs is 1. The standard InChI is InChI=1S/C16H17FN2O4/c17-12-5-1-4-11-14(12)16(22)19(15(11)21)7-6-13(20)18-9-10-3-2-8-23-10/h1,4-5,10H,2-3,6-9H2,(H,18,20). The Balaban J connectivity index is 1.55. The number of halogens is 1. The number of carbonyl (C=O) groups excluding carboxylic acids is 3. The first-order valence-electron chi connectivity index (χ1n) is 7.61. The monoisotopic (exact) mass is 320 g/mol. The van der Waals surface area contributed by atoms with E-state index in [4.69, 9.17) is 4.74 Å². The number of imide groups is 1. The maximum Gasteiger partial charge on any atom is 0.264 e. The van der Waals surface area contributed by atoms with Gasteiger partial charge in [-0.2, -0.15) is 0 Å². The molecule has 0 aliphatic carbocycles. The molecule has 0 spiro atoms. The maximum absolute atomic E-state index is 13.7. The summed E-state index contributed by atoms with van der Waals surface area (Å²) in [4.78, 5) is 37.0. The molecule has 2 aliphatic rings. The summed E-state index contributed by atoms with van der Waals surface area (Å²) in [5.41, 5.74) is -0.160. The third kappa shape index (κ3) is 3.10. The van der Waals surface area contributed by atoms with Gasteiger partial charge < -0.3 is 10.1 Å². The van der Waals surface area contributed by atoms with Crippen molar-refractivity contribution in [1.29, 1.82) is 0 Å². The van der Waals surface area contributed by atoms with Crippen LogP contribution in [0.1, 0.15) is 40.0 Å². The molecule has 122 valence electrons. The van der Waals surface area contributed by atoms with Crippen LogP contribution < -0.4 is 5.32 Å². The van der Waals surface area contributed by atoms with Crippen molar-refractivity contribution in [2.75, 3.05) is 19.7 Å². The molecule has 6 nitrogen and oxygen atoms in total. The lowest BCUT2D eigenvalue weighted by atomic mass is 10.1. The van der Waals surface area contributed by atoms with E-state index in [9.17, 15) is 18.8 Å². The Hall–Kier alpha value is -2.28. The van der Waals surface area contributed by atoms with Crippen molar-refractivity contribution in [2.45, 2.75) is 25.4 Å². The van der Waals surface area contributed by atoms with Crippen LogP contribution in [-0.4, -0.2) is 48.4 Å². The number of hydrogen-bond acceptors (Lipinski definition) is 4. The van der Waals surface area contributed by atoms with E-state index in [1.165, 1.54) is 12.1 Å². The zero-order valence-electron chi connectivity index (χ0n) is 12.5. The fraction of sp³-hybridized carbons (Fsp3) is 0.438. The van der Waals surface area contributed by atoms with Gasteiger partial charge in [0, 0.05) is 26.1 Å². The molecule has 0 bridgehead atoms. The van der Waals surface area contributed by atoms with Gasteiger partial charge in [0.15, 0.2) is 0 Å². The van der Waals surface area contributed by atoms with Crippen molar-refractivity contribution in [2.24, 2.45) is 0 Å². The topological polar surface area (TPSA) is 75.7 Å². The Kier molecular flexibility index (Phi) is 4.38. The fourth-order valence-electron chi connectivity index (χ4n) is 2.83. The zero-order chi connectivity index (χ0) is 16.4.